The number of benzene rings is 1. The molecule has 0 aliphatic carbocycles. The molecule has 27 heavy (non-hydrogen) atoms. The van der Waals surface area contributed by atoms with Crippen LogP contribution >= 0.6 is 0 Å². The van der Waals surface area contributed by atoms with Gasteiger partial charge in [-0.15, -0.1) is 0 Å². The lowest BCUT2D eigenvalue weighted by Crippen LogP contribution is -2.49. The predicted octanol–water partition coefficient (Wildman–Crippen LogP) is -0.157. The van der Waals surface area contributed by atoms with Crippen molar-refractivity contribution < 1.29 is 19.2 Å². The van der Waals surface area contributed by atoms with Crippen molar-refractivity contribution in [1.82, 2.24) is 15.0 Å². The Bertz CT molecular complexity index is 863. The van der Waals surface area contributed by atoms with Crippen LogP contribution in [0.1, 0.15) is 6.92 Å². The largest absolute Gasteiger partial charge is 0.387 e. The van der Waals surface area contributed by atoms with Gasteiger partial charge >= 0.3 is 5.63 Å². The lowest BCUT2D eigenvalue weighted by atomic mass is 10.1. The van der Waals surface area contributed by atoms with Crippen LogP contribution in [0, 0.1) is 0 Å². The van der Waals surface area contributed by atoms with Crippen molar-refractivity contribution in [3.63, 3.8) is 0 Å². The molecule has 9 nitrogen and oxygen atoms in total. The molecule has 2 amide bonds. The zero-order valence-corrected chi connectivity index (χ0v) is 15.1. The average Bonchev–Trinajstić information content (AvgIpc) is 3.06. The summed E-state index contributed by atoms with van der Waals surface area (Å²) in [5.74, 6) is -0.460. The highest BCUT2D eigenvalue weighted by molar-refractivity contribution is 5.77. The van der Waals surface area contributed by atoms with Crippen LogP contribution in [-0.2, 0) is 16.3 Å². The highest BCUT2D eigenvalue weighted by Crippen LogP contribution is 2.22. The first-order valence-electron chi connectivity index (χ1n) is 8.67. The smallest absolute Gasteiger partial charge is 0.365 e. The fourth-order valence-corrected chi connectivity index (χ4v) is 3.00. The summed E-state index contributed by atoms with van der Waals surface area (Å²) in [6.45, 7) is 3.52. The van der Waals surface area contributed by atoms with E-state index in [4.69, 9.17) is 9.63 Å². The lowest BCUT2D eigenvalue weighted by molar-refractivity contribution is -0.134. The molecule has 9 heteroatoms. The first kappa shape index (κ1) is 18.7. The van der Waals surface area contributed by atoms with E-state index in [0.717, 1.165) is 11.3 Å². The topological polar surface area (TPSA) is 108 Å². The summed E-state index contributed by atoms with van der Waals surface area (Å²) in [5, 5.41) is 11.5. The van der Waals surface area contributed by atoms with E-state index in [-0.39, 0.29) is 18.5 Å². The van der Waals surface area contributed by atoms with E-state index in [1.54, 1.807) is 11.1 Å². The number of aliphatic hydroxyl groups excluding tert-OH is 1. The van der Waals surface area contributed by atoms with E-state index in [1.807, 2.05) is 24.3 Å². The number of aliphatic hydroxyl groups is 1. The second kappa shape index (κ2) is 8.09. The number of carbonyl (C=O) groups excluding carboxylic acids is 2. The summed E-state index contributed by atoms with van der Waals surface area (Å²) in [4.78, 5) is 38.3. The Labute approximate surface area is 155 Å². The number of nitrogens with one attached hydrogen (secondary N) is 1. The summed E-state index contributed by atoms with van der Waals surface area (Å²) >= 11 is 0. The first-order valence-corrected chi connectivity index (χ1v) is 8.67. The summed E-state index contributed by atoms with van der Waals surface area (Å²) in [6.07, 6.45) is 1.56. The molecule has 0 spiro atoms. The van der Waals surface area contributed by atoms with Gasteiger partial charge in [0.2, 0.25) is 11.8 Å². The standard InChI is InChI=1S/C18H22N4O5/c1-13(24)19-12-22-10-16(18(26)27-22)14-2-4-15(5-3-14)20-6-8-21(9-7-20)17(25)11-23/h2-5,10,23H,6-9,11-12H2,1H3,(H,19,24). The number of aromatic nitrogens is 1. The molecule has 1 aliphatic rings. The fraction of sp³-hybridized carbons (Fsp3) is 0.389. The molecule has 2 aromatic rings. The molecule has 0 bridgehead atoms. The van der Waals surface area contributed by atoms with Gasteiger partial charge in [0.25, 0.3) is 0 Å². The van der Waals surface area contributed by atoms with E-state index in [1.165, 1.54) is 11.7 Å². The van der Waals surface area contributed by atoms with E-state index in [0.29, 0.717) is 31.7 Å². The minimum absolute atomic E-state index is 0.0967. The molecule has 2 heterocycles. The molecule has 144 valence electrons. The van der Waals surface area contributed by atoms with Crippen LogP contribution in [0.25, 0.3) is 11.1 Å². The van der Waals surface area contributed by atoms with Gasteiger partial charge in [-0.25, -0.2) is 4.79 Å². The molecule has 0 saturated carbocycles. The molecule has 1 saturated heterocycles. The van der Waals surface area contributed by atoms with Gasteiger partial charge in [0, 0.05) is 38.8 Å². The molecule has 1 aliphatic heterocycles. The molecule has 3 rings (SSSR count). The van der Waals surface area contributed by atoms with E-state index in [9.17, 15) is 14.4 Å². The summed E-state index contributed by atoms with van der Waals surface area (Å²) in [6, 6.07) is 7.53. The highest BCUT2D eigenvalue weighted by atomic mass is 16.5. The molecule has 0 unspecified atom stereocenters. The van der Waals surface area contributed by atoms with Crippen LogP contribution < -0.4 is 15.8 Å². The maximum absolute atomic E-state index is 12.0. The van der Waals surface area contributed by atoms with Gasteiger partial charge in [-0.1, -0.05) is 12.1 Å². The van der Waals surface area contributed by atoms with Crippen LogP contribution in [-0.4, -0.2) is 59.3 Å². The second-order valence-electron chi connectivity index (χ2n) is 6.30. The fourth-order valence-electron chi connectivity index (χ4n) is 3.00. The van der Waals surface area contributed by atoms with Crippen molar-refractivity contribution in [2.24, 2.45) is 0 Å². The molecular weight excluding hydrogens is 352 g/mol. The van der Waals surface area contributed by atoms with Crippen molar-refractivity contribution in [2.45, 2.75) is 13.6 Å². The van der Waals surface area contributed by atoms with Crippen LogP contribution in [0.15, 0.2) is 39.8 Å². The van der Waals surface area contributed by atoms with Gasteiger partial charge in [0.15, 0.2) is 0 Å². The molecule has 0 atom stereocenters. The average molecular weight is 374 g/mol. The second-order valence-corrected chi connectivity index (χ2v) is 6.30. The number of rotatable bonds is 5. The number of nitrogens with zero attached hydrogens (tertiary/aromatic N) is 3. The normalized spacial score (nSPS) is 14.3. The maximum atomic E-state index is 12.0. The van der Waals surface area contributed by atoms with Crippen LogP contribution in [0.2, 0.25) is 0 Å². The molecule has 1 fully saturated rings. The van der Waals surface area contributed by atoms with Gasteiger partial charge in [-0.3, -0.25) is 9.59 Å². The minimum Gasteiger partial charge on any atom is -0.387 e. The molecule has 0 radical (unpaired) electrons. The number of hydrogen-bond donors (Lipinski definition) is 2. The monoisotopic (exact) mass is 374 g/mol. The third-order valence-electron chi connectivity index (χ3n) is 4.49. The van der Waals surface area contributed by atoms with Crippen molar-refractivity contribution in [1.29, 1.82) is 0 Å². The number of piperazine rings is 1. The SMILES string of the molecule is CC(=O)NCn1cc(-c2ccc(N3CCN(C(=O)CO)CC3)cc2)c(=O)o1. The Balaban J connectivity index is 1.67. The third-order valence-corrected chi connectivity index (χ3v) is 4.49. The van der Waals surface area contributed by atoms with Crippen molar-refractivity contribution in [3.05, 3.63) is 40.9 Å². The van der Waals surface area contributed by atoms with Crippen molar-refractivity contribution in [2.75, 3.05) is 37.7 Å². The molecule has 1 aromatic heterocycles. The Morgan fingerprint density at radius 1 is 1.15 bits per heavy atom. The van der Waals surface area contributed by atoms with Gasteiger partial charge in [0.05, 0.1) is 11.8 Å². The third kappa shape index (κ3) is 4.37. The summed E-state index contributed by atoms with van der Waals surface area (Å²) < 4.78 is 6.37. The van der Waals surface area contributed by atoms with Crippen molar-refractivity contribution in [3.8, 4) is 11.1 Å². The zero-order chi connectivity index (χ0) is 19.4. The zero-order valence-electron chi connectivity index (χ0n) is 15.1. The highest BCUT2D eigenvalue weighted by Gasteiger charge is 2.20. The van der Waals surface area contributed by atoms with Gasteiger partial charge in [-0.05, 0) is 17.7 Å². The number of anilines is 1. The Morgan fingerprint density at radius 2 is 1.81 bits per heavy atom. The molecule has 1 aromatic carbocycles. The predicted molar refractivity (Wildman–Crippen MR) is 98.1 cm³/mol. The van der Waals surface area contributed by atoms with Gasteiger partial charge < -0.3 is 24.7 Å². The van der Waals surface area contributed by atoms with Crippen LogP contribution in [0.4, 0.5) is 5.69 Å². The first-order chi connectivity index (χ1) is 13.0. The van der Waals surface area contributed by atoms with Crippen LogP contribution in [0.5, 0.6) is 0 Å². The molecule has 2 N–H and O–H groups in total. The summed E-state index contributed by atoms with van der Waals surface area (Å²) in [5.41, 5.74) is 1.68. The van der Waals surface area contributed by atoms with E-state index >= 15 is 0 Å². The quantitative estimate of drug-likeness (QED) is 0.753. The number of carbonyl (C=O) groups is 2. The maximum Gasteiger partial charge on any atom is 0.365 e. The van der Waals surface area contributed by atoms with E-state index in [2.05, 4.69) is 10.2 Å². The Morgan fingerprint density at radius 3 is 2.41 bits per heavy atom. The van der Waals surface area contributed by atoms with Crippen molar-refractivity contribution >= 4 is 17.5 Å². The number of hydrogen-bond acceptors (Lipinski definition) is 6. The summed E-state index contributed by atoms with van der Waals surface area (Å²) in [7, 11) is 0. The van der Waals surface area contributed by atoms with Gasteiger partial charge in [0.1, 0.15) is 13.3 Å². The Kier molecular flexibility index (Phi) is 5.60. The van der Waals surface area contributed by atoms with Crippen LogP contribution in [0.3, 0.4) is 0 Å². The van der Waals surface area contributed by atoms with E-state index < -0.39 is 12.2 Å². The number of amides is 2. The molecular formula is C18H22N4O5. The minimum atomic E-state index is -0.468. The lowest BCUT2D eigenvalue weighted by Gasteiger charge is -2.35. The Hall–Kier alpha value is -3.07. The van der Waals surface area contributed by atoms with Gasteiger partial charge in [-0.2, -0.15) is 4.74 Å².